The van der Waals surface area contributed by atoms with Crippen LogP contribution in [0.1, 0.15) is 30.9 Å². The van der Waals surface area contributed by atoms with E-state index in [1.165, 1.54) is 6.08 Å². The van der Waals surface area contributed by atoms with Gasteiger partial charge in [-0.05, 0) is 23.6 Å². The quantitative estimate of drug-likeness (QED) is 0.680. The summed E-state index contributed by atoms with van der Waals surface area (Å²) in [4.78, 5) is 14.2. The molecule has 1 N–H and O–H groups in total. The van der Waals surface area contributed by atoms with Gasteiger partial charge in [0.2, 0.25) is 15.9 Å². The van der Waals surface area contributed by atoms with Crippen LogP contribution in [-0.4, -0.2) is 32.3 Å². The molecule has 2 rings (SSSR count). The Bertz CT molecular complexity index is 834. The van der Waals surface area contributed by atoms with Gasteiger partial charge in [0.05, 0.1) is 0 Å². The first kappa shape index (κ1) is 20.9. The Morgan fingerprint density at radius 1 is 1.04 bits per heavy atom. The maximum Gasteiger partial charge on any atom is 0.233 e. The monoisotopic (exact) mass is 386 g/mol. The fraction of sp³-hybridized carbons (Fsp3) is 0.286. The standard InChI is InChI=1S/C21H26N2O3S/c1-2-16-23(18-20-11-7-4-8-12-20)21(24)13-15-22-27(25,26)17-14-19-9-5-3-6-10-19/h3-12,14,17,22H,2,13,15-16,18H2,1H3. The molecule has 6 heteroatoms. The van der Waals surface area contributed by atoms with E-state index in [4.69, 9.17) is 0 Å². The highest BCUT2D eigenvalue weighted by atomic mass is 32.2. The predicted octanol–water partition coefficient (Wildman–Crippen LogP) is 3.41. The van der Waals surface area contributed by atoms with Gasteiger partial charge >= 0.3 is 0 Å². The summed E-state index contributed by atoms with van der Waals surface area (Å²) in [6.45, 7) is 3.28. The van der Waals surface area contributed by atoms with Crippen molar-refractivity contribution in [2.45, 2.75) is 26.3 Å². The summed E-state index contributed by atoms with van der Waals surface area (Å²) in [5.74, 6) is -0.0598. The van der Waals surface area contributed by atoms with Gasteiger partial charge in [-0.1, -0.05) is 67.6 Å². The predicted molar refractivity (Wildman–Crippen MR) is 109 cm³/mol. The van der Waals surface area contributed by atoms with Gasteiger partial charge < -0.3 is 4.90 Å². The first-order valence-corrected chi connectivity index (χ1v) is 10.6. The highest BCUT2D eigenvalue weighted by molar-refractivity contribution is 7.92. The maximum absolute atomic E-state index is 12.5. The second-order valence-electron chi connectivity index (χ2n) is 6.20. The van der Waals surface area contributed by atoms with Crippen molar-refractivity contribution < 1.29 is 13.2 Å². The van der Waals surface area contributed by atoms with Gasteiger partial charge in [0, 0.05) is 31.5 Å². The lowest BCUT2D eigenvalue weighted by molar-refractivity contribution is -0.131. The normalized spacial score (nSPS) is 11.6. The number of carbonyl (C=O) groups excluding carboxylic acids is 1. The Morgan fingerprint density at radius 3 is 2.30 bits per heavy atom. The summed E-state index contributed by atoms with van der Waals surface area (Å²) >= 11 is 0. The molecule has 0 heterocycles. The van der Waals surface area contributed by atoms with Gasteiger partial charge in [0.25, 0.3) is 0 Å². The number of rotatable bonds is 10. The number of sulfonamides is 1. The average molecular weight is 387 g/mol. The SMILES string of the molecule is CCCN(Cc1ccccc1)C(=O)CCNS(=O)(=O)C=Cc1ccccc1. The molecule has 27 heavy (non-hydrogen) atoms. The van der Waals surface area contributed by atoms with Crippen molar-refractivity contribution in [1.82, 2.24) is 9.62 Å². The number of carbonyl (C=O) groups is 1. The van der Waals surface area contributed by atoms with E-state index in [2.05, 4.69) is 4.72 Å². The van der Waals surface area contributed by atoms with E-state index in [-0.39, 0.29) is 18.9 Å². The van der Waals surface area contributed by atoms with E-state index in [0.29, 0.717) is 13.1 Å². The zero-order valence-corrected chi connectivity index (χ0v) is 16.4. The molecular weight excluding hydrogens is 360 g/mol. The molecule has 0 fully saturated rings. The van der Waals surface area contributed by atoms with Gasteiger partial charge in [-0.3, -0.25) is 4.79 Å². The van der Waals surface area contributed by atoms with Crippen molar-refractivity contribution in [2.75, 3.05) is 13.1 Å². The molecule has 5 nitrogen and oxygen atoms in total. The molecule has 0 aliphatic heterocycles. The van der Waals surface area contributed by atoms with E-state index in [1.54, 1.807) is 4.90 Å². The van der Waals surface area contributed by atoms with Gasteiger partial charge in [-0.2, -0.15) is 0 Å². The van der Waals surface area contributed by atoms with E-state index >= 15 is 0 Å². The number of amides is 1. The first-order chi connectivity index (χ1) is 13.0. The highest BCUT2D eigenvalue weighted by Crippen LogP contribution is 2.07. The number of benzene rings is 2. The van der Waals surface area contributed by atoms with Gasteiger partial charge in [-0.25, -0.2) is 13.1 Å². The Labute approximate surface area is 161 Å². The van der Waals surface area contributed by atoms with Crippen LogP contribution in [0, 0.1) is 0 Å². The van der Waals surface area contributed by atoms with Crippen LogP contribution in [0.15, 0.2) is 66.1 Å². The molecule has 0 saturated heterocycles. The van der Waals surface area contributed by atoms with Crippen LogP contribution in [-0.2, 0) is 21.4 Å². The Balaban J connectivity index is 1.86. The van der Waals surface area contributed by atoms with E-state index < -0.39 is 10.0 Å². The molecule has 0 bridgehead atoms. The molecule has 0 radical (unpaired) electrons. The zero-order chi connectivity index (χ0) is 19.5. The topological polar surface area (TPSA) is 66.5 Å². The Morgan fingerprint density at radius 2 is 1.67 bits per heavy atom. The highest BCUT2D eigenvalue weighted by Gasteiger charge is 2.14. The molecule has 0 spiro atoms. The smallest absolute Gasteiger partial charge is 0.233 e. The molecule has 1 amide bonds. The minimum atomic E-state index is -3.57. The van der Waals surface area contributed by atoms with Gasteiger partial charge in [0.1, 0.15) is 0 Å². The summed E-state index contributed by atoms with van der Waals surface area (Å²) in [6, 6.07) is 19.0. The average Bonchev–Trinajstić information content (AvgIpc) is 2.67. The van der Waals surface area contributed by atoms with E-state index in [0.717, 1.165) is 23.0 Å². The second-order valence-corrected chi connectivity index (χ2v) is 7.85. The molecule has 0 aliphatic rings. The minimum Gasteiger partial charge on any atom is -0.338 e. The minimum absolute atomic E-state index is 0.0598. The lowest BCUT2D eigenvalue weighted by atomic mass is 10.2. The molecule has 0 unspecified atom stereocenters. The molecule has 0 saturated carbocycles. The molecule has 144 valence electrons. The molecular formula is C21H26N2O3S. The summed E-state index contributed by atoms with van der Waals surface area (Å²) in [5, 5.41) is 1.13. The second kappa shape index (κ2) is 10.6. The maximum atomic E-state index is 12.5. The fourth-order valence-electron chi connectivity index (χ4n) is 2.60. The van der Waals surface area contributed by atoms with E-state index in [1.807, 2.05) is 67.6 Å². The molecule has 2 aromatic rings. The number of nitrogens with zero attached hydrogens (tertiary/aromatic N) is 1. The Hall–Kier alpha value is -2.44. The summed E-state index contributed by atoms with van der Waals surface area (Å²) < 4.78 is 26.6. The van der Waals surface area contributed by atoms with Crippen LogP contribution in [0.2, 0.25) is 0 Å². The third-order valence-electron chi connectivity index (χ3n) is 3.94. The molecule has 0 atom stereocenters. The summed E-state index contributed by atoms with van der Waals surface area (Å²) in [7, 11) is -3.57. The van der Waals surface area contributed by atoms with Crippen LogP contribution in [0.5, 0.6) is 0 Å². The van der Waals surface area contributed by atoms with Gasteiger partial charge in [0.15, 0.2) is 0 Å². The van der Waals surface area contributed by atoms with Crippen molar-refractivity contribution >= 4 is 22.0 Å². The largest absolute Gasteiger partial charge is 0.338 e. The summed E-state index contributed by atoms with van der Waals surface area (Å²) in [6.07, 6.45) is 2.51. The van der Waals surface area contributed by atoms with E-state index in [9.17, 15) is 13.2 Å². The van der Waals surface area contributed by atoms with Crippen molar-refractivity contribution in [3.8, 4) is 0 Å². The molecule has 2 aromatic carbocycles. The lowest BCUT2D eigenvalue weighted by Crippen LogP contribution is -2.34. The number of hydrogen-bond donors (Lipinski definition) is 1. The van der Waals surface area contributed by atoms with Crippen molar-refractivity contribution in [3.63, 3.8) is 0 Å². The number of hydrogen-bond acceptors (Lipinski definition) is 3. The first-order valence-electron chi connectivity index (χ1n) is 9.04. The van der Waals surface area contributed by atoms with Gasteiger partial charge in [-0.15, -0.1) is 0 Å². The fourth-order valence-corrected chi connectivity index (χ4v) is 3.42. The number of nitrogens with one attached hydrogen (secondary N) is 1. The van der Waals surface area contributed by atoms with Crippen LogP contribution >= 0.6 is 0 Å². The van der Waals surface area contributed by atoms with Crippen LogP contribution < -0.4 is 4.72 Å². The molecule has 0 aromatic heterocycles. The van der Waals surface area contributed by atoms with Crippen LogP contribution in [0.25, 0.3) is 6.08 Å². The third kappa shape index (κ3) is 7.76. The third-order valence-corrected chi connectivity index (χ3v) is 5.04. The van der Waals surface area contributed by atoms with Crippen LogP contribution in [0.4, 0.5) is 0 Å². The molecule has 0 aliphatic carbocycles. The van der Waals surface area contributed by atoms with Crippen molar-refractivity contribution in [1.29, 1.82) is 0 Å². The Kier molecular flexibility index (Phi) is 8.23. The lowest BCUT2D eigenvalue weighted by Gasteiger charge is -2.22. The zero-order valence-electron chi connectivity index (χ0n) is 15.5. The van der Waals surface area contributed by atoms with Crippen molar-refractivity contribution in [3.05, 3.63) is 77.2 Å². The van der Waals surface area contributed by atoms with Crippen molar-refractivity contribution in [2.24, 2.45) is 0 Å². The van der Waals surface area contributed by atoms with Crippen LogP contribution in [0.3, 0.4) is 0 Å². The summed E-state index contributed by atoms with van der Waals surface area (Å²) in [5.41, 5.74) is 1.86.